The summed E-state index contributed by atoms with van der Waals surface area (Å²) in [5.74, 6) is 0.900. The van der Waals surface area contributed by atoms with Crippen molar-refractivity contribution in [2.45, 2.75) is 37.8 Å². The summed E-state index contributed by atoms with van der Waals surface area (Å²) in [5.41, 5.74) is 0.737. The molecule has 2 fully saturated rings. The van der Waals surface area contributed by atoms with Gasteiger partial charge in [-0.3, -0.25) is 9.88 Å². The number of rotatable bonds is 4. The fraction of sp³-hybridized carbons (Fsp3) is 0.455. The minimum atomic E-state index is -0.0461. The normalized spacial score (nSPS) is 19.1. The zero-order valence-electron chi connectivity index (χ0n) is 16.5. The third kappa shape index (κ3) is 5.40. The monoisotopic (exact) mass is 414 g/mol. The van der Waals surface area contributed by atoms with Gasteiger partial charge in [0, 0.05) is 55.3 Å². The van der Waals surface area contributed by atoms with E-state index in [1.165, 1.54) is 0 Å². The van der Waals surface area contributed by atoms with E-state index < -0.39 is 0 Å². The highest BCUT2D eigenvalue weighted by atomic mass is 35.5. The van der Waals surface area contributed by atoms with E-state index in [0.29, 0.717) is 11.1 Å². The van der Waals surface area contributed by atoms with Gasteiger partial charge in [-0.2, -0.15) is 0 Å². The molecule has 6 nitrogen and oxygen atoms in total. The molecular formula is C22H27ClN4O2. The summed E-state index contributed by atoms with van der Waals surface area (Å²) < 4.78 is 6.07. The van der Waals surface area contributed by atoms with E-state index in [0.717, 1.165) is 63.3 Å². The number of hydrogen-bond acceptors (Lipinski definition) is 4. The van der Waals surface area contributed by atoms with E-state index in [1.807, 2.05) is 29.2 Å². The standard InChI is InChI=1S/C22H27ClN4O2/c23-17-2-1-3-18(16-17)25-22(28)27-12-6-19(7-13-27)26-14-8-21(9-15-26)29-20-4-10-24-11-5-20/h1-5,10-11,16,19,21H,6-9,12-15H2,(H,25,28). The zero-order valence-corrected chi connectivity index (χ0v) is 17.2. The maximum atomic E-state index is 12.5. The number of piperidine rings is 2. The second kappa shape index (κ2) is 9.46. The van der Waals surface area contributed by atoms with Crippen molar-refractivity contribution in [2.75, 3.05) is 31.5 Å². The molecule has 29 heavy (non-hydrogen) atoms. The maximum Gasteiger partial charge on any atom is 0.321 e. The van der Waals surface area contributed by atoms with Crippen LogP contribution in [0.2, 0.25) is 5.02 Å². The second-order valence-corrected chi connectivity index (χ2v) is 8.13. The molecule has 2 saturated heterocycles. The number of carbonyl (C=O) groups excluding carboxylic acids is 1. The molecule has 0 saturated carbocycles. The van der Waals surface area contributed by atoms with Gasteiger partial charge in [0.2, 0.25) is 0 Å². The molecule has 0 radical (unpaired) electrons. The Bertz CT molecular complexity index is 803. The third-order valence-corrected chi connectivity index (χ3v) is 6.01. The minimum absolute atomic E-state index is 0.0461. The molecule has 2 aromatic rings. The van der Waals surface area contributed by atoms with Gasteiger partial charge in [0.1, 0.15) is 11.9 Å². The molecule has 0 atom stereocenters. The Morgan fingerprint density at radius 2 is 1.76 bits per heavy atom. The van der Waals surface area contributed by atoms with Crippen LogP contribution in [-0.2, 0) is 0 Å². The van der Waals surface area contributed by atoms with Gasteiger partial charge in [0.15, 0.2) is 0 Å². The number of halogens is 1. The Hall–Kier alpha value is -2.31. The van der Waals surface area contributed by atoms with E-state index in [9.17, 15) is 4.79 Å². The summed E-state index contributed by atoms with van der Waals surface area (Å²) in [7, 11) is 0. The number of amides is 2. The molecule has 2 aliphatic heterocycles. The van der Waals surface area contributed by atoms with Crippen molar-refractivity contribution >= 4 is 23.3 Å². The summed E-state index contributed by atoms with van der Waals surface area (Å²) in [6.07, 6.45) is 7.91. The zero-order chi connectivity index (χ0) is 20.1. The van der Waals surface area contributed by atoms with Crippen LogP contribution in [0.1, 0.15) is 25.7 Å². The number of pyridine rings is 1. The summed E-state index contributed by atoms with van der Waals surface area (Å²) in [6.45, 7) is 3.67. The van der Waals surface area contributed by atoms with Gasteiger partial charge < -0.3 is 15.0 Å². The van der Waals surface area contributed by atoms with Crippen molar-refractivity contribution in [3.05, 3.63) is 53.8 Å². The van der Waals surface area contributed by atoms with E-state index in [2.05, 4.69) is 15.2 Å². The molecule has 3 heterocycles. The molecule has 2 aliphatic rings. The summed E-state index contributed by atoms with van der Waals surface area (Å²) >= 11 is 5.99. The number of ether oxygens (including phenoxy) is 1. The number of benzene rings is 1. The van der Waals surface area contributed by atoms with Gasteiger partial charge in [-0.15, -0.1) is 0 Å². The second-order valence-electron chi connectivity index (χ2n) is 7.69. The van der Waals surface area contributed by atoms with Crippen LogP contribution in [0.3, 0.4) is 0 Å². The van der Waals surface area contributed by atoms with Crippen molar-refractivity contribution in [1.82, 2.24) is 14.8 Å². The number of nitrogens with one attached hydrogen (secondary N) is 1. The first kappa shape index (κ1) is 20.0. The fourth-order valence-electron chi connectivity index (χ4n) is 4.17. The van der Waals surface area contributed by atoms with Crippen molar-refractivity contribution < 1.29 is 9.53 Å². The largest absolute Gasteiger partial charge is 0.490 e. The van der Waals surface area contributed by atoms with Crippen LogP contribution < -0.4 is 10.1 Å². The summed E-state index contributed by atoms with van der Waals surface area (Å²) in [5, 5.41) is 3.57. The molecule has 2 amide bonds. The van der Waals surface area contributed by atoms with Crippen LogP contribution in [0.5, 0.6) is 5.75 Å². The van der Waals surface area contributed by atoms with Crippen LogP contribution in [0.25, 0.3) is 0 Å². The smallest absolute Gasteiger partial charge is 0.321 e. The van der Waals surface area contributed by atoms with Gasteiger partial charge in [-0.1, -0.05) is 17.7 Å². The lowest BCUT2D eigenvalue weighted by molar-refractivity contribution is 0.0545. The van der Waals surface area contributed by atoms with Crippen molar-refractivity contribution in [3.8, 4) is 5.75 Å². The van der Waals surface area contributed by atoms with E-state index in [1.54, 1.807) is 24.5 Å². The van der Waals surface area contributed by atoms with Gasteiger partial charge in [0.05, 0.1) is 0 Å². The number of carbonyl (C=O) groups is 1. The average molecular weight is 415 g/mol. The van der Waals surface area contributed by atoms with Crippen molar-refractivity contribution in [3.63, 3.8) is 0 Å². The molecule has 7 heteroatoms. The maximum absolute atomic E-state index is 12.5. The minimum Gasteiger partial charge on any atom is -0.490 e. The molecule has 0 bridgehead atoms. The Labute approximate surface area is 176 Å². The predicted octanol–water partition coefficient (Wildman–Crippen LogP) is 4.27. The number of anilines is 1. The van der Waals surface area contributed by atoms with Gasteiger partial charge in [-0.25, -0.2) is 4.79 Å². The van der Waals surface area contributed by atoms with Crippen LogP contribution >= 0.6 is 11.6 Å². The van der Waals surface area contributed by atoms with Crippen molar-refractivity contribution in [2.24, 2.45) is 0 Å². The van der Waals surface area contributed by atoms with Crippen LogP contribution in [0, 0.1) is 0 Å². The molecule has 1 aromatic heterocycles. The first-order valence-electron chi connectivity index (χ1n) is 10.3. The van der Waals surface area contributed by atoms with Crippen LogP contribution in [-0.4, -0.2) is 59.1 Å². The lowest BCUT2D eigenvalue weighted by Gasteiger charge is -2.41. The highest BCUT2D eigenvalue weighted by Gasteiger charge is 2.30. The highest BCUT2D eigenvalue weighted by Crippen LogP contribution is 2.24. The Morgan fingerprint density at radius 3 is 2.45 bits per heavy atom. The lowest BCUT2D eigenvalue weighted by Crippen LogP contribution is -2.50. The molecule has 154 valence electrons. The third-order valence-electron chi connectivity index (χ3n) is 5.77. The van der Waals surface area contributed by atoms with E-state index in [-0.39, 0.29) is 12.1 Å². The Kier molecular flexibility index (Phi) is 6.52. The summed E-state index contributed by atoms with van der Waals surface area (Å²) in [6, 6.07) is 11.6. The number of likely N-dealkylation sites (tertiary alicyclic amines) is 2. The average Bonchev–Trinajstić information content (AvgIpc) is 2.75. The summed E-state index contributed by atoms with van der Waals surface area (Å²) in [4.78, 5) is 21.0. The number of nitrogens with zero attached hydrogens (tertiary/aromatic N) is 3. The number of urea groups is 1. The Morgan fingerprint density at radius 1 is 1.03 bits per heavy atom. The first-order chi connectivity index (χ1) is 14.2. The molecule has 0 aliphatic carbocycles. The van der Waals surface area contributed by atoms with Crippen LogP contribution in [0.4, 0.5) is 10.5 Å². The predicted molar refractivity (Wildman–Crippen MR) is 115 cm³/mol. The van der Waals surface area contributed by atoms with Gasteiger partial charge >= 0.3 is 6.03 Å². The number of hydrogen-bond donors (Lipinski definition) is 1. The molecule has 0 unspecified atom stereocenters. The first-order valence-corrected chi connectivity index (χ1v) is 10.7. The Balaban J connectivity index is 1.20. The molecule has 4 rings (SSSR count). The van der Waals surface area contributed by atoms with Crippen LogP contribution in [0.15, 0.2) is 48.8 Å². The van der Waals surface area contributed by atoms with Crippen molar-refractivity contribution in [1.29, 1.82) is 0 Å². The molecular weight excluding hydrogens is 388 g/mol. The van der Waals surface area contributed by atoms with E-state index >= 15 is 0 Å². The van der Waals surface area contributed by atoms with E-state index in [4.69, 9.17) is 16.3 Å². The molecule has 1 N–H and O–H groups in total. The topological polar surface area (TPSA) is 57.7 Å². The van der Waals surface area contributed by atoms with Gasteiger partial charge in [0.25, 0.3) is 0 Å². The highest BCUT2D eigenvalue weighted by molar-refractivity contribution is 6.30. The SMILES string of the molecule is O=C(Nc1cccc(Cl)c1)N1CCC(N2CCC(Oc3ccncc3)CC2)CC1. The van der Waals surface area contributed by atoms with Gasteiger partial charge in [-0.05, 0) is 56.0 Å². The molecule has 0 spiro atoms. The number of aromatic nitrogens is 1. The fourth-order valence-corrected chi connectivity index (χ4v) is 4.36. The quantitative estimate of drug-likeness (QED) is 0.811. The lowest BCUT2D eigenvalue weighted by atomic mass is 9.99. The molecule has 1 aromatic carbocycles.